The van der Waals surface area contributed by atoms with Crippen molar-refractivity contribution in [2.45, 2.75) is 24.7 Å². The number of carbonyl (C=O) groups excluding carboxylic acids is 1. The molecule has 3 nitrogen and oxygen atoms in total. The molecule has 80 valence electrons. The second-order valence-corrected chi connectivity index (χ2v) is 4.61. The van der Waals surface area contributed by atoms with Crippen LogP contribution in [-0.4, -0.2) is 24.8 Å². The van der Waals surface area contributed by atoms with Crippen molar-refractivity contribution in [1.29, 1.82) is 0 Å². The van der Waals surface area contributed by atoms with Crippen LogP contribution < -0.4 is 0 Å². The fourth-order valence-electron chi connectivity index (χ4n) is 2.95. The second kappa shape index (κ2) is 2.80. The van der Waals surface area contributed by atoms with Crippen molar-refractivity contribution >= 4 is 5.78 Å². The average molecular weight is 206 g/mol. The van der Waals surface area contributed by atoms with Crippen LogP contribution in [0.5, 0.6) is 0 Å². The largest absolute Gasteiger partial charge is 0.344 e. The molecule has 2 bridgehead atoms. The van der Waals surface area contributed by atoms with Crippen molar-refractivity contribution in [2.24, 2.45) is 11.8 Å². The van der Waals surface area contributed by atoms with Crippen LogP contribution in [0.2, 0.25) is 0 Å². The fourth-order valence-corrected chi connectivity index (χ4v) is 2.95. The molecule has 1 saturated heterocycles. The molecular formula is C12H14O3. The number of hydrogen-bond donors (Lipinski definition) is 0. The van der Waals surface area contributed by atoms with Crippen LogP contribution in [0.3, 0.4) is 0 Å². The highest BCUT2D eigenvalue weighted by molar-refractivity contribution is 5.93. The molecule has 2 aliphatic heterocycles. The standard InChI is InChI=1S/C12H14O3/c1-7-5-8-3-4-12(14-2)11(13)9(6-7)10(8)15-12/h3-4,8-10H,1,5-6H2,2H3/t8-,9+,10-,12+/m0/s1. The third kappa shape index (κ3) is 1.05. The summed E-state index contributed by atoms with van der Waals surface area (Å²) in [7, 11) is 1.52. The summed E-state index contributed by atoms with van der Waals surface area (Å²) in [6.45, 7) is 3.99. The van der Waals surface area contributed by atoms with Gasteiger partial charge in [-0.25, -0.2) is 0 Å². The van der Waals surface area contributed by atoms with E-state index in [0.29, 0.717) is 5.92 Å². The Morgan fingerprint density at radius 2 is 2.40 bits per heavy atom. The smallest absolute Gasteiger partial charge is 0.249 e. The number of ether oxygens (including phenoxy) is 2. The Hall–Kier alpha value is -0.930. The van der Waals surface area contributed by atoms with Gasteiger partial charge in [0.25, 0.3) is 0 Å². The number of allylic oxidation sites excluding steroid dienone is 1. The van der Waals surface area contributed by atoms with Crippen LogP contribution in [0.15, 0.2) is 24.3 Å². The monoisotopic (exact) mass is 206 g/mol. The molecule has 0 radical (unpaired) electrons. The molecule has 0 aromatic carbocycles. The summed E-state index contributed by atoms with van der Waals surface area (Å²) in [5.41, 5.74) is 1.15. The van der Waals surface area contributed by atoms with Gasteiger partial charge in [-0.05, 0) is 18.9 Å². The first-order valence-corrected chi connectivity index (χ1v) is 5.29. The number of carbonyl (C=O) groups is 1. The molecule has 0 aromatic rings. The number of Topliss-reactive ketones (excluding diaryl/α,β-unsaturated/α-hetero) is 1. The Bertz CT molecular complexity index is 371. The molecule has 2 fully saturated rings. The molecule has 3 aliphatic rings. The summed E-state index contributed by atoms with van der Waals surface area (Å²) in [4.78, 5) is 12.2. The minimum atomic E-state index is -1.09. The third-order valence-corrected chi connectivity index (χ3v) is 3.71. The molecular weight excluding hydrogens is 192 g/mol. The summed E-state index contributed by atoms with van der Waals surface area (Å²) < 4.78 is 11.0. The highest BCUT2D eigenvalue weighted by Crippen LogP contribution is 2.48. The summed E-state index contributed by atoms with van der Waals surface area (Å²) >= 11 is 0. The van der Waals surface area contributed by atoms with Crippen LogP contribution in [0.4, 0.5) is 0 Å². The molecule has 3 heteroatoms. The fraction of sp³-hybridized carbons (Fsp3) is 0.583. The van der Waals surface area contributed by atoms with Gasteiger partial charge in [-0.15, -0.1) is 0 Å². The van der Waals surface area contributed by atoms with E-state index in [9.17, 15) is 4.79 Å². The molecule has 2 heterocycles. The number of ketones is 1. The molecule has 0 unspecified atom stereocenters. The lowest BCUT2D eigenvalue weighted by molar-refractivity contribution is -0.194. The lowest BCUT2D eigenvalue weighted by Crippen LogP contribution is -2.39. The molecule has 0 amide bonds. The van der Waals surface area contributed by atoms with Crippen molar-refractivity contribution < 1.29 is 14.3 Å². The highest BCUT2D eigenvalue weighted by Gasteiger charge is 2.59. The van der Waals surface area contributed by atoms with Crippen molar-refractivity contribution in [3.63, 3.8) is 0 Å². The average Bonchev–Trinajstić information content (AvgIpc) is 2.50. The molecule has 3 rings (SSSR count). The van der Waals surface area contributed by atoms with E-state index < -0.39 is 5.79 Å². The predicted molar refractivity (Wildman–Crippen MR) is 54.1 cm³/mol. The van der Waals surface area contributed by atoms with Crippen LogP contribution in [0, 0.1) is 11.8 Å². The normalized spacial score (nSPS) is 47.4. The van der Waals surface area contributed by atoms with Crippen LogP contribution in [-0.2, 0) is 14.3 Å². The van der Waals surface area contributed by atoms with E-state index in [4.69, 9.17) is 9.47 Å². The first kappa shape index (κ1) is 9.31. The Kier molecular flexibility index (Phi) is 1.74. The summed E-state index contributed by atoms with van der Waals surface area (Å²) in [5, 5.41) is 0. The van der Waals surface area contributed by atoms with Gasteiger partial charge < -0.3 is 9.47 Å². The van der Waals surface area contributed by atoms with Crippen LogP contribution >= 0.6 is 0 Å². The van der Waals surface area contributed by atoms with E-state index in [0.717, 1.165) is 18.4 Å². The maximum absolute atomic E-state index is 12.2. The van der Waals surface area contributed by atoms with Gasteiger partial charge in [0, 0.05) is 13.0 Å². The lowest BCUT2D eigenvalue weighted by Gasteiger charge is -2.34. The van der Waals surface area contributed by atoms with E-state index >= 15 is 0 Å². The van der Waals surface area contributed by atoms with Gasteiger partial charge in [-0.2, -0.15) is 0 Å². The van der Waals surface area contributed by atoms with Crippen LogP contribution in [0.1, 0.15) is 12.8 Å². The minimum absolute atomic E-state index is 0.00736. The van der Waals surface area contributed by atoms with E-state index in [1.165, 1.54) is 7.11 Å². The molecule has 0 aromatic heterocycles. The zero-order valence-electron chi connectivity index (χ0n) is 8.73. The van der Waals surface area contributed by atoms with Gasteiger partial charge in [0.2, 0.25) is 11.6 Å². The van der Waals surface area contributed by atoms with Crippen molar-refractivity contribution in [1.82, 2.24) is 0 Å². The van der Waals surface area contributed by atoms with E-state index in [2.05, 4.69) is 12.7 Å². The van der Waals surface area contributed by atoms with Crippen molar-refractivity contribution in [3.8, 4) is 0 Å². The second-order valence-electron chi connectivity index (χ2n) is 4.61. The maximum atomic E-state index is 12.2. The van der Waals surface area contributed by atoms with Gasteiger partial charge in [-0.1, -0.05) is 18.2 Å². The molecule has 1 saturated carbocycles. The van der Waals surface area contributed by atoms with Gasteiger partial charge in [0.05, 0.1) is 12.0 Å². The van der Waals surface area contributed by atoms with Gasteiger partial charge in [0.15, 0.2) is 0 Å². The summed E-state index contributed by atoms with van der Waals surface area (Å²) in [6, 6.07) is 0. The number of methoxy groups -OCH3 is 1. The molecule has 4 atom stereocenters. The molecule has 0 N–H and O–H groups in total. The lowest BCUT2D eigenvalue weighted by atomic mass is 9.77. The van der Waals surface area contributed by atoms with Crippen LogP contribution in [0.25, 0.3) is 0 Å². The number of rotatable bonds is 1. The quantitative estimate of drug-likeness (QED) is 0.609. The first-order chi connectivity index (χ1) is 7.16. The van der Waals surface area contributed by atoms with Gasteiger partial charge in [0.1, 0.15) is 0 Å². The molecule has 1 aliphatic carbocycles. The molecule has 0 spiro atoms. The predicted octanol–water partition coefficient (Wildman–Crippen LogP) is 1.45. The Morgan fingerprint density at radius 1 is 1.60 bits per heavy atom. The SMILES string of the molecule is C=C1C[C@@H]2C=C[C@@]3(OC)O[C@@H]2[C@@H](C1)C3=O. The zero-order chi connectivity index (χ0) is 10.6. The Balaban J connectivity index is 2.06. The van der Waals surface area contributed by atoms with E-state index in [-0.39, 0.29) is 17.8 Å². The number of hydrogen-bond acceptors (Lipinski definition) is 3. The minimum Gasteiger partial charge on any atom is -0.344 e. The Morgan fingerprint density at radius 3 is 3.13 bits per heavy atom. The number of fused-ring (bicyclic) bond motifs is 1. The topological polar surface area (TPSA) is 35.5 Å². The summed E-state index contributed by atoms with van der Waals surface area (Å²) in [5.74, 6) is -0.761. The first-order valence-electron chi connectivity index (χ1n) is 5.29. The Labute approximate surface area is 88.7 Å². The molecule has 15 heavy (non-hydrogen) atoms. The van der Waals surface area contributed by atoms with Crippen molar-refractivity contribution in [2.75, 3.05) is 7.11 Å². The zero-order valence-corrected chi connectivity index (χ0v) is 8.73. The third-order valence-electron chi connectivity index (χ3n) is 3.71. The van der Waals surface area contributed by atoms with Gasteiger partial charge >= 0.3 is 0 Å². The van der Waals surface area contributed by atoms with Crippen molar-refractivity contribution in [3.05, 3.63) is 24.3 Å². The highest BCUT2D eigenvalue weighted by atomic mass is 16.7. The van der Waals surface area contributed by atoms with Gasteiger partial charge in [-0.3, -0.25) is 4.79 Å². The maximum Gasteiger partial charge on any atom is 0.249 e. The summed E-state index contributed by atoms with van der Waals surface area (Å²) in [6.07, 6.45) is 5.53. The van der Waals surface area contributed by atoms with E-state index in [1.807, 2.05) is 0 Å². The van der Waals surface area contributed by atoms with E-state index in [1.54, 1.807) is 6.08 Å².